The van der Waals surface area contributed by atoms with Gasteiger partial charge in [-0.05, 0) is 53.7 Å². The molecule has 1 heterocycles. The van der Waals surface area contributed by atoms with Crippen LogP contribution in [0, 0.1) is 0 Å². The molecule has 6 heteroatoms. The quantitative estimate of drug-likeness (QED) is 0.388. The van der Waals surface area contributed by atoms with Crippen molar-refractivity contribution in [2.75, 3.05) is 4.90 Å². The summed E-state index contributed by atoms with van der Waals surface area (Å²) in [5, 5.41) is 2.65. The molecule has 148 valence electrons. The molecule has 0 bridgehead atoms. The van der Waals surface area contributed by atoms with Crippen LogP contribution in [0.25, 0.3) is 6.08 Å². The second-order valence-electron chi connectivity index (χ2n) is 6.64. The monoisotopic (exact) mass is 414 g/mol. The summed E-state index contributed by atoms with van der Waals surface area (Å²) in [5.74, 6) is -0.342. The Morgan fingerprint density at radius 1 is 0.900 bits per heavy atom. The number of rotatable bonds is 5. The number of benzene rings is 3. The number of amides is 2. The fraction of sp³-hybridized carbons (Fsp3) is 0.0417. The number of thiocarbonyl (C=S) groups is 1. The van der Waals surface area contributed by atoms with E-state index in [1.54, 1.807) is 36.4 Å². The lowest BCUT2D eigenvalue weighted by atomic mass is 10.1. The molecule has 1 fully saturated rings. The largest absolute Gasteiger partial charge is 0.489 e. The van der Waals surface area contributed by atoms with E-state index in [9.17, 15) is 9.59 Å². The topological polar surface area (TPSA) is 58.6 Å². The number of anilines is 1. The van der Waals surface area contributed by atoms with Crippen molar-refractivity contribution in [2.24, 2.45) is 0 Å². The Balaban J connectivity index is 1.58. The van der Waals surface area contributed by atoms with Gasteiger partial charge in [0.25, 0.3) is 11.8 Å². The Kier molecular flexibility index (Phi) is 5.68. The molecule has 0 radical (unpaired) electrons. The number of nitrogens with one attached hydrogen (secondary N) is 1. The minimum Gasteiger partial charge on any atom is -0.489 e. The first-order valence-electron chi connectivity index (χ1n) is 9.35. The first kappa shape index (κ1) is 19.5. The van der Waals surface area contributed by atoms with E-state index in [1.165, 1.54) is 4.90 Å². The van der Waals surface area contributed by atoms with Crippen LogP contribution in [0.1, 0.15) is 11.1 Å². The summed E-state index contributed by atoms with van der Waals surface area (Å²) >= 11 is 5.21. The van der Waals surface area contributed by atoms with Crippen molar-refractivity contribution in [3.63, 3.8) is 0 Å². The number of para-hydroxylation sites is 1. The standard InChI is InChI=1S/C24H18N2O3S/c27-22-21(23(28)26(24(30)25-22)19-11-5-2-6-12-19)15-18-10-7-13-20(14-18)29-16-17-8-3-1-4-9-17/h1-15H,16H2,(H,25,27,30)/b21-15-. The van der Waals surface area contributed by atoms with Gasteiger partial charge >= 0.3 is 0 Å². The van der Waals surface area contributed by atoms with Crippen LogP contribution in [0.5, 0.6) is 5.75 Å². The second-order valence-corrected chi connectivity index (χ2v) is 7.03. The van der Waals surface area contributed by atoms with Crippen LogP contribution in [0.2, 0.25) is 0 Å². The van der Waals surface area contributed by atoms with Crippen molar-refractivity contribution in [1.82, 2.24) is 5.32 Å². The van der Waals surface area contributed by atoms with Crippen LogP contribution >= 0.6 is 12.2 Å². The fourth-order valence-electron chi connectivity index (χ4n) is 3.07. The van der Waals surface area contributed by atoms with Gasteiger partial charge < -0.3 is 4.74 Å². The first-order chi connectivity index (χ1) is 14.6. The third-order valence-electron chi connectivity index (χ3n) is 4.53. The highest BCUT2D eigenvalue weighted by atomic mass is 32.1. The molecular weight excluding hydrogens is 396 g/mol. The minimum absolute atomic E-state index is 0.00709. The van der Waals surface area contributed by atoms with E-state index in [2.05, 4.69) is 5.32 Å². The molecule has 4 rings (SSSR count). The number of carbonyl (C=O) groups excluding carboxylic acids is 2. The van der Waals surface area contributed by atoms with Crippen LogP contribution in [0.3, 0.4) is 0 Å². The number of carbonyl (C=O) groups is 2. The van der Waals surface area contributed by atoms with Crippen molar-refractivity contribution in [3.8, 4) is 5.75 Å². The molecule has 30 heavy (non-hydrogen) atoms. The number of nitrogens with zero attached hydrogens (tertiary/aromatic N) is 1. The Bertz CT molecular complexity index is 1130. The van der Waals surface area contributed by atoms with Gasteiger partial charge in [-0.15, -0.1) is 0 Å². The highest BCUT2D eigenvalue weighted by Crippen LogP contribution is 2.23. The molecule has 0 saturated carbocycles. The number of ether oxygens (including phenoxy) is 1. The van der Waals surface area contributed by atoms with Crippen molar-refractivity contribution in [3.05, 3.63) is 102 Å². The van der Waals surface area contributed by atoms with Crippen LogP contribution in [0.15, 0.2) is 90.5 Å². The van der Waals surface area contributed by atoms with E-state index in [0.29, 0.717) is 23.6 Å². The first-order valence-corrected chi connectivity index (χ1v) is 9.76. The molecule has 0 aliphatic carbocycles. The molecule has 3 aromatic carbocycles. The Hall–Kier alpha value is -3.77. The molecule has 0 aromatic heterocycles. The van der Waals surface area contributed by atoms with Crippen molar-refractivity contribution >= 4 is 40.9 Å². The summed E-state index contributed by atoms with van der Waals surface area (Å²) in [6.45, 7) is 0.427. The second kappa shape index (κ2) is 8.71. The lowest BCUT2D eigenvalue weighted by molar-refractivity contribution is -0.122. The number of hydrogen-bond donors (Lipinski definition) is 1. The Labute approximate surface area is 179 Å². The normalized spacial score (nSPS) is 15.3. The van der Waals surface area contributed by atoms with Gasteiger partial charge in [-0.3, -0.25) is 19.8 Å². The summed E-state index contributed by atoms with van der Waals surface area (Å²) < 4.78 is 5.84. The summed E-state index contributed by atoms with van der Waals surface area (Å²) in [7, 11) is 0. The van der Waals surface area contributed by atoms with E-state index in [-0.39, 0.29) is 10.7 Å². The van der Waals surface area contributed by atoms with E-state index in [0.717, 1.165) is 5.56 Å². The zero-order valence-electron chi connectivity index (χ0n) is 15.9. The van der Waals surface area contributed by atoms with Crippen LogP contribution < -0.4 is 15.0 Å². The van der Waals surface area contributed by atoms with Crippen LogP contribution in [-0.4, -0.2) is 16.9 Å². The average molecular weight is 414 g/mol. The highest BCUT2D eigenvalue weighted by molar-refractivity contribution is 7.80. The van der Waals surface area contributed by atoms with Gasteiger partial charge in [0.1, 0.15) is 17.9 Å². The molecule has 3 aromatic rings. The molecule has 0 unspecified atom stereocenters. The van der Waals surface area contributed by atoms with Gasteiger partial charge in [0, 0.05) is 0 Å². The molecule has 2 amide bonds. The molecule has 1 aliphatic rings. The summed E-state index contributed by atoms with van der Waals surface area (Å²) in [6.07, 6.45) is 1.55. The van der Waals surface area contributed by atoms with Crippen molar-refractivity contribution in [2.45, 2.75) is 6.61 Å². The zero-order chi connectivity index (χ0) is 20.9. The van der Waals surface area contributed by atoms with Gasteiger partial charge in [0.05, 0.1) is 5.69 Å². The lowest BCUT2D eigenvalue weighted by Crippen LogP contribution is -2.54. The maximum atomic E-state index is 13.0. The minimum atomic E-state index is -0.521. The molecule has 1 aliphatic heterocycles. The predicted molar refractivity (Wildman–Crippen MR) is 120 cm³/mol. The smallest absolute Gasteiger partial charge is 0.270 e. The third-order valence-corrected chi connectivity index (χ3v) is 4.82. The van der Waals surface area contributed by atoms with E-state index in [4.69, 9.17) is 17.0 Å². The third kappa shape index (κ3) is 4.29. The van der Waals surface area contributed by atoms with E-state index >= 15 is 0 Å². The predicted octanol–water partition coefficient (Wildman–Crippen LogP) is 4.10. The maximum Gasteiger partial charge on any atom is 0.270 e. The molecule has 1 saturated heterocycles. The number of hydrogen-bond acceptors (Lipinski definition) is 4. The molecule has 0 spiro atoms. The van der Waals surface area contributed by atoms with Crippen LogP contribution in [0.4, 0.5) is 5.69 Å². The van der Waals surface area contributed by atoms with E-state index in [1.807, 2.05) is 54.6 Å². The van der Waals surface area contributed by atoms with Gasteiger partial charge in [0.2, 0.25) is 0 Å². The SMILES string of the molecule is O=C1NC(=S)N(c2ccccc2)C(=O)/C1=C\c1cccc(OCc2ccccc2)c1. The summed E-state index contributed by atoms with van der Waals surface area (Å²) in [6, 6.07) is 26.0. The summed E-state index contributed by atoms with van der Waals surface area (Å²) in [4.78, 5) is 26.8. The van der Waals surface area contributed by atoms with Crippen LogP contribution in [-0.2, 0) is 16.2 Å². The molecule has 0 atom stereocenters. The highest BCUT2D eigenvalue weighted by Gasteiger charge is 2.34. The fourth-order valence-corrected chi connectivity index (χ4v) is 3.35. The van der Waals surface area contributed by atoms with E-state index < -0.39 is 11.8 Å². The van der Waals surface area contributed by atoms with Crippen molar-refractivity contribution in [1.29, 1.82) is 0 Å². The maximum absolute atomic E-state index is 13.0. The molecule has 5 nitrogen and oxygen atoms in total. The van der Waals surface area contributed by atoms with Gasteiger partial charge in [-0.1, -0.05) is 60.7 Å². The lowest BCUT2D eigenvalue weighted by Gasteiger charge is -2.28. The van der Waals surface area contributed by atoms with Crippen molar-refractivity contribution < 1.29 is 14.3 Å². The van der Waals surface area contributed by atoms with Gasteiger partial charge in [-0.2, -0.15) is 0 Å². The molecular formula is C24H18N2O3S. The van der Waals surface area contributed by atoms with Gasteiger partial charge in [-0.25, -0.2) is 0 Å². The Morgan fingerprint density at radius 2 is 1.60 bits per heavy atom. The zero-order valence-corrected chi connectivity index (χ0v) is 16.8. The average Bonchev–Trinajstić information content (AvgIpc) is 2.77. The van der Waals surface area contributed by atoms with Gasteiger partial charge in [0.15, 0.2) is 5.11 Å². The Morgan fingerprint density at radius 3 is 2.33 bits per heavy atom. The summed E-state index contributed by atoms with van der Waals surface area (Å²) in [5.41, 5.74) is 2.33. The molecule has 1 N–H and O–H groups in total.